The monoisotopic (exact) mass is 329 g/mol. The Balaban J connectivity index is 1.57. The molecule has 0 saturated carbocycles. The highest BCUT2D eigenvalue weighted by Crippen LogP contribution is 2.15. The Labute approximate surface area is 141 Å². The Morgan fingerprint density at radius 3 is 3.00 bits per heavy atom. The Kier molecular flexibility index (Phi) is 4.80. The van der Waals surface area contributed by atoms with Crippen LogP contribution in [0.3, 0.4) is 0 Å². The Bertz CT molecular complexity index is 728. The summed E-state index contributed by atoms with van der Waals surface area (Å²) in [6.45, 7) is 6.66. The summed E-state index contributed by atoms with van der Waals surface area (Å²) in [7, 11) is 1.64. The molecule has 1 aromatic carbocycles. The molecule has 1 amide bonds. The maximum atomic E-state index is 12.5. The first-order valence-electron chi connectivity index (χ1n) is 8.12. The first kappa shape index (κ1) is 16.4. The van der Waals surface area contributed by atoms with E-state index in [1.54, 1.807) is 7.11 Å². The molecule has 128 valence electrons. The van der Waals surface area contributed by atoms with E-state index in [9.17, 15) is 4.79 Å². The number of rotatable bonds is 5. The zero-order chi connectivity index (χ0) is 17.1. The van der Waals surface area contributed by atoms with E-state index in [0.29, 0.717) is 13.1 Å². The Hall–Kier alpha value is -2.41. The summed E-state index contributed by atoms with van der Waals surface area (Å²) in [6.07, 6.45) is 0. The minimum atomic E-state index is -0.207. The third-order valence-corrected chi connectivity index (χ3v) is 4.50. The summed E-state index contributed by atoms with van der Waals surface area (Å²) in [5.74, 6) is 2.66. The van der Waals surface area contributed by atoms with Crippen molar-refractivity contribution in [3.8, 4) is 5.75 Å². The van der Waals surface area contributed by atoms with Crippen LogP contribution in [-0.2, 0) is 24.4 Å². The lowest BCUT2D eigenvalue weighted by atomic mass is 10.2. The second kappa shape index (κ2) is 7.00. The number of ether oxygens (including phenoxy) is 1. The summed E-state index contributed by atoms with van der Waals surface area (Å²) in [4.78, 5) is 14.6. The van der Waals surface area contributed by atoms with Gasteiger partial charge < -0.3 is 14.6 Å². The summed E-state index contributed by atoms with van der Waals surface area (Å²) in [5, 5.41) is 11.3. The van der Waals surface area contributed by atoms with E-state index in [2.05, 4.69) is 25.0 Å². The normalized spacial score (nSPS) is 15.6. The van der Waals surface area contributed by atoms with Gasteiger partial charge in [0.05, 0.1) is 19.7 Å². The molecule has 2 heterocycles. The lowest BCUT2D eigenvalue weighted by Gasteiger charge is -2.31. The average Bonchev–Trinajstić information content (AvgIpc) is 2.99. The topological polar surface area (TPSA) is 72.3 Å². The van der Waals surface area contributed by atoms with Gasteiger partial charge in [0, 0.05) is 19.6 Å². The van der Waals surface area contributed by atoms with E-state index in [1.807, 2.05) is 38.1 Å². The smallest absolute Gasteiger partial charge is 0.237 e. The molecule has 0 spiro atoms. The number of methoxy groups -OCH3 is 1. The van der Waals surface area contributed by atoms with E-state index >= 15 is 0 Å². The van der Waals surface area contributed by atoms with Crippen LogP contribution >= 0.6 is 0 Å². The molecule has 3 rings (SSSR count). The van der Waals surface area contributed by atoms with Crippen LogP contribution in [0.25, 0.3) is 0 Å². The first-order valence-corrected chi connectivity index (χ1v) is 8.12. The van der Waals surface area contributed by atoms with E-state index in [1.165, 1.54) is 0 Å². The maximum absolute atomic E-state index is 12.5. The largest absolute Gasteiger partial charge is 0.497 e. The van der Waals surface area contributed by atoms with Crippen LogP contribution in [-0.4, -0.2) is 45.3 Å². The molecule has 7 heteroatoms. The molecule has 1 unspecified atom stereocenters. The molecule has 0 bridgehead atoms. The first-order chi connectivity index (χ1) is 11.6. The molecule has 1 aromatic heterocycles. The number of nitrogens with one attached hydrogen (secondary N) is 1. The van der Waals surface area contributed by atoms with Gasteiger partial charge in [-0.25, -0.2) is 0 Å². The molecule has 1 N–H and O–H groups in total. The van der Waals surface area contributed by atoms with Gasteiger partial charge in [0.25, 0.3) is 0 Å². The molecule has 0 radical (unpaired) electrons. The van der Waals surface area contributed by atoms with Crippen molar-refractivity contribution in [1.82, 2.24) is 25.0 Å². The summed E-state index contributed by atoms with van der Waals surface area (Å²) in [5.41, 5.74) is 1.02. The van der Waals surface area contributed by atoms with Crippen LogP contribution in [0.5, 0.6) is 5.75 Å². The van der Waals surface area contributed by atoms with Crippen molar-refractivity contribution < 1.29 is 9.53 Å². The lowest BCUT2D eigenvalue weighted by molar-refractivity contribution is -0.126. The van der Waals surface area contributed by atoms with E-state index < -0.39 is 0 Å². The van der Waals surface area contributed by atoms with Crippen LogP contribution in [0.2, 0.25) is 0 Å². The number of aryl methyl sites for hydroxylation is 1. The zero-order valence-electron chi connectivity index (χ0n) is 14.3. The minimum absolute atomic E-state index is 0.0162. The maximum Gasteiger partial charge on any atom is 0.237 e. The fourth-order valence-corrected chi connectivity index (χ4v) is 2.94. The van der Waals surface area contributed by atoms with Crippen LogP contribution in [0.1, 0.15) is 24.1 Å². The van der Waals surface area contributed by atoms with Crippen LogP contribution in [0.15, 0.2) is 24.3 Å². The van der Waals surface area contributed by atoms with Crippen molar-refractivity contribution in [3.63, 3.8) is 0 Å². The fourth-order valence-electron chi connectivity index (χ4n) is 2.94. The fraction of sp³-hybridized carbons (Fsp3) is 0.471. The second-order valence-corrected chi connectivity index (χ2v) is 6.03. The third kappa shape index (κ3) is 3.41. The highest BCUT2D eigenvalue weighted by molar-refractivity contribution is 5.81. The van der Waals surface area contributed by atoms with Gasteiger partial charge in [-0.1, -0.05) is 12.1 Å². The van der Waals surface area contributed by atoms with Gasteiger partial charge in [-0.05, 0) is 31.5 Å². The lowest BCUT2D eigenvalue weighted by Crippen LogP contribution is -2.48. The van der Waals surface area contributed by atoms with Crippen LogP contribution < -0.4 is 10.1 Å². The number of hydrogen-bond donors (Lipinski definition) is 1. The molecule has 0 fully saturated rings. The van der Waals surface area contributed by atoms with Crippen molar-refractivity contribution >= 4 is 5.91 Å². The predicted molar refractivity (Wildman–Crippen MR) is 89.5 cm³/mol. The van der Waals surface area contributed by atoms with Crippen LogP contribution in [0.4, 0.5) is 0 Å². The number of amides is 1. The highest BCUT2D eigenvalue weighted by Gasteiger charge is 2.27. The predicted octanol–water partition coefficient (Wildman–Crippen LogP) is 1.12. The number of nitrogens with zero attached hydrogens (tertiary/aromatic N) is 4. The van der Waals surface area contributed by atoms with Gasteiger partial charge >= 0.3 is 0 Å². The van der Waals surface area contributed by atoms with Gasteiger partial charge in [-0.3, -0.25) is 9.69 Å². The molecule has 1 atom stereocenters. The molecule has 1 aliphatic rings. The number of carbonyl (C=O) groups excluding carboxylic acids is 1. The second-order valence-electron chi connectivity index (χ2n) is 6.03. The summed E-state index contributed by atoms with van der Waals surface area (Å²) in [6, 6.07) is 7.50. The number of aromatic nitrogens is 3. The molecule has 0 saturated heterocycles. The number of carbonyl (C=O) groups is 1. The quantitative estimate of drug-likeness (QED) is 0.890. The molecular weight excluding hydrogens is 306 g/mol. The van der Waals surface area contributed by atoms with Gasteiger partial charge in [0.1, 0.15) is 17.4 Å². The van der Waals surface area contributed by atoms with Gasteiger partial charge in [0.2, 0.25) is 5.91 Å². The van der Waals surface area contributed by atoms with Crippen molar-refractivity contribution in [2.24, 2.45) is 0 Å². The molecule has 2 aromatic rings. The van der Waals surface area contributed by atoms with Gasteiger partial charge in [0.15, 0.2) is 0 Å². The highest BCUT2D eigenvalue weighted by atomic mass is 16.5. The number of benzene rings is 1. The van der Waals surface area contributed by atoms with Gasteiger partial charge in [-0.15, -0.1) is 10.2 Å². The number of fused-ring (bicyclic) bond motifs is 1. The van der Waals surface area contributed by atoms with E-state index in [0.717, 1.165) is 36.1 Å². The molecule has 24 heavy (non-hydrogen) atoms. The zero-order valence-corrected chi connectivity index (χ0v) is 14.3. The van der Waals surface area contributed by atoms with Crippen molar-refractivity contribution in [1.29, 1.82) is 0 Å². The van der Waals surface area contributed by atoms with Gasteiger partial charge in [-0.2, -0.15) is 0 Å². The average molecular weight is 329 g/mol. The summed E-state index contributed by atoms with van der Waals surface area (Å²) < 4.78 is 7.31. The van der Waals surface area contributed by atoms with Crippen molar-refractivity contribution in [2.75, 3.05) is 13.7 Å². The third-order valence-electron chi connectivity index (χ3n) is 4.50. The van der Waals surface area contributed by atoms with Crippen molar-refractivity contribution in [2.45, 2.75) is 39.5 Å². The SMILES string of the molecule is COc1cccc(CNC(=O)C(C)N2CCn3c(C)nnc3C2)c1. The minimum Gasteiger partial charge on any atom is -0.497 e. The van der Waals surface area contributed by atoms with E-state index in [4.69, 9.17) is 4.74 Å². The molecular formula is C17H23N5O2. The Morgan fingerprint density at radius 2 is 2.21 bits per heavy atom. The van der Waals surface area contributed by atoms with E-state index in [-0.39, 0.29) is 11.9 Å². The summed E-state index contributed by atoms with van der Waals surface area (Å²) >= 11 is 0. The Morgan fingerprint density at radius 1 is 1.38 bits per heavy atom. The molecule has 7 nitrogen and oxygen atoms in total. The number of hydrogen-bond acceptors (Lipinski definition) is 5. The molecule has 1 aliphatic heterocycles. The standard InChI is InChI=1S/C17H23N5O2/c1-12(21-7-8-22-13(2)19-20-16(22)11-21)17(23)18-10-14-5-4-6-15(9-14)24-3/h4-6,9,12H,7-8,10-11H2,1-3H3,(H,18,23). The van der Waals surface area contributed by atoms with Crippen molar-refractivity contribution in [3.05, 3.63) is 41.5 Å². The van der Waals surface area contributed by atoms with Crippen LogP contribution in [0, 0.1) is 6.92 Å². The molecule has 0 aliphatic carbocycles.